The molecular weight excluding hydrogens is 516 g/mol. The van der Waals surface area contributed by atoms with E-state index in [1.54, 1.807) is 12.1 Å². The maximum absolute atomic E-state index is 12.8. The first kappa shape index (κ1) is 24.4. The van der Waals surface area contributed by atoms with Crippen LogP contribution in [-0.4, -0.2) is 49.4 Å². The molecule has 3 N–H and O–H groups in total. The van der Waals surface area contributed by atoms with Gasteiger partial charge in [-0.2, -0.15) is 0 Å². The summed E-state index contributed by atoms with van der Waals surface area (Å²) in [4.78, 5) is 36.8. The van der Waals surface area contributed by atoms with E-state index in [4.69, 9.17) is 9.47 Å². The number of hydrogen-bond acceptors (Lipinski definition) is 5. The van der Waals surface area contributed by atoms with Crippen molar-refractivity contribution in [3.63, 3.8) is 0 Å². The summed E-state index contributed by atoms with van der Waals surface area (Å²) in [5.41, 5.74) is 4.67. The zero-order valence-electron chi connectivity index (χ0n) is 18.8. The van der Waals surface area contributed by atoms with Gasteiger partial charge in [-0.1, -0.05) is 64.5 Å². The van der Waals surface area contributed by atoms with Gasteiger partial charge < -0.3 is 19.9 Å². The number of carboxylic acid groups (broad SMARTS) is 1. The van der Waals surface area contributed by atoms with E-state index in [1.165, 1.54) is 13.2 Å². The number of carboxylic acids is 1. The molecule has 0 radical (unpaired) electrons. The highest BCUT2D eigenvalue weighted by atomic mass is 79.9. The third-order valence-corrected chi connectivity index (χ3v) is 6.24. The molecule has 0 saturated heterocycles. The molecule has 0 unspecified atom stereocenters. The first-order valence-electron chi connectivity index (χ1n) is 10.8. The molecule has 0 aromatic heterocycles. The summed E-state index contributed by atoms with van der Waals surface area (Å²) < 4.78 is 11.0. The van der Waals surface area contributed by atoms with Crippen LogP contribution < -0.4 is 10.6 Å². The molecule has 35 heavy (non-hydrogen) atoms. The van der Waals surface area contributed by atoms with Crippen molar-refractivity contribution in [1.29, 1.82) is 0 Å². The van der Waals surface area contributed by atoms with Crippen LogP contribution in [0, 0.1) is 0 Å². The second-order valence-corrected chi connectivity index (χ2v) is 8.88. The van der Waals surface area contributed by atoms with E-state index in [9.17, 15) is 19.5 Å². The molecule has 4 rings (SSSR count). The number of halogens is 1. The monoisotopic (exact) mass is 538 g/mol. The maximum atomic E-state index is 12.8. The normalized spacial score (nSPS) is 12.9. The van der Waals surface area contributed by atoms with Gasteiger partial charge in [-0.15, -0.1) is 0 Å². The highest BCUT2D eigenvalue weighted by Crippen LogP contribution is 2.44. The van der Waals surface area contributed by atoms with Gasteiger partial charge in [0.2, 0.25) is 0 Å². The minimum absolute atomic E-state index is 0.0871. The first-order valence-corrected chi connectivity index (χ1v) is 11.6. The van der Waals surface area contributed by atoms with Crippen molar-refractivity contribution in [1.82, 2.24) is 5.32 Å². The van der Waals surface area contributed by atoms with Crippen LogP contribution in [0.5, 0.6) is 0 Å². The Labute approximate surface area is 210 Å². The van der Waals surface area contributed by atoms with Crippen molar-refractivity contribution in [2.24, 2.45) is 0 Å². The van der Waals surface area contributed by atoms with Crippen LogP contribution in [0.25, 0.3) is 11.1 Å². The smallest absolute Gasteiger partial charge is 0.411 e. The van der Waals surface area contributed by atoms with Gasteiger partial charge >= 0.3 is 12.1 Å². The van der Waals surface area contributed by atoms with Crippen molar-refractivity contribution in [3.8, 4) is 11.1 Å². The van der Waals surface area contributed by atoms with E-state index < -0.39 is 24.0 Å². The SMILES string of the molecule is COC[C@H](NC(=O)c1ccc(Br)cc1NC(=O)OCC1c2ccccc2-c2ccccc21)C(=O)O. The molecule has 1 aliphatic rings. The lowest BCUT2D eigenvalue weighted by Crippen LogP contribution is -2.44. The Morgan fingerprint density at radius 1 is 1.00 bits per heavy atom. The predicted molar refractivity (Wildman–Crippen MR) is 134 cm³/mol. The summed E-state index contributed by atoms with van der Waals surface area (Å²) in [6.07, 6.45) is -0.731. The number of methoxy groups -OCH3 is 1. The van der Waals surface area contributed by atoms with Crippen molar-refractivity contribution >= 4 is 39.6 Å². The van der Waals surface area contributed by atoms with Gasteiger partial charge in [0.15, 0.2) is 6.04 Å². The van der Waals surface area contributed by atoms with Gasteiger partial charge in [-0.3, -0.25) is 10.1 Å². The molecule has 0 heterocycles. The predicted octanol–water partition coefficient (Wildman–Crippen LogP) is 4.64. The highest BCUT2D eigenvalue weighted by Gasteiger charge is 2.29. The van der Waals surface area contributed by atoms with Crippen LogP contribution in [0.15, 0.2) is 71.2 Å². The van der Waals surface area contributed by atoms with Crippen molar-refractivity contribution in [2.75, 3.05) is 25.6 Å². The van der Waals surface area contributed by atoms with Gasteiger partial charge in [0.25, 0.3) is 5.91 Å². The number of aliphatic carboxylic acids is 1. The number of amides is 2. The molecular formula is C26H23BrN2O6. The Morgan fingerprint density at radius 3 is 2.23 bits per heavy atom. The molecule has 8 nitrogen and oxygen atoms in total. The summed E-state index contributed by atoms with van der Waals surface area (Å²) in [5, 5.41) is 14.3. The molecule has 3 aromatic rings. The van der Waals surface area contributed by atoms with Crippen molar-refractivity contribution in [2.45, 2.75) is 12.0 Å². The van der Waals surface area contributed by atoms with Crippen LogP contribution in [-0.2, 0) is 14.3 Å². The number of nitrogens with one attached hydrogen (secondary N) is 2. The van der Waals surface area contributed by atoms with E-state index in [-0.39, 0.29) is 30.4 Å². The Kier molecular flexibility index (Phi) is 7.48. The fourth-order valence-electron chi connectivity index (χ4n) is 4.14. The highest BCUT2D eigenvalue weighted by molar-refractivity contribution is 9.10. The number of carbonyl (C=O) groups excluding carboxylic acids is 2. The summed E-state index contributed by atoms with van der Waals surface area (Å²) >= 11 is 3.33. The Hall–Kier alpha value is -3.69. The van der Waals surface area contributed by atoms with Crippen LogP contribution >= 0.6 is 15.9 Å². The van der Waals surface area contributed by atoms with Crippen LogP contribution in [0.4, 0.5) is 10.5 Å². The molecule has 180 valence electrons. The van der Waals surface area contributed by atoms with Gasteiger partial charge in [-0.25, -0.2) is 9.59 Å². The summed E-state index contributed by atoms with van der Waals surface area (Å²) in [5.74, 6) is -2.01. The van der Waals surface area contributed by atoms with E-state index in [0.29, 0.717) is 4.47 Å². The minimum atomic E-state index is -1.24. The maximum Gasteiger partial charge on any atom is 0.411 e. The molecule has 0 spiro atoms. The Balaban J connectivity index is 1.48. The molecule has 1 atom stereocenters. The third kappa shape index (κ3) is 5.36. The van der Waals surface area contributed by atoms with E-state index in [1.807, 2.05) is 36.4 Å². The van der Waals surface area contributed by atoms with E-state index >= 15 is 0 Å². The second kappa shape index (κ2) is 10.7. The average Bonchev–Trinajstić information content (AvgIpc) is 3.16. The van der Waals surface area contributed by atoms with Crippen LogP contribution in [0.3, 0.4) is 0 Å². The fourth-order valence-corrected chi connectivity index (χ4v) is 4.50. The van der Waals surface area contributed by atoms with E-state index in [0.717, 1.165) is 22.3 Å². The number of fused-ring (bicyclic) bond motifs is 3. The Morgan fingerprint density at radius 2 is 1.63 bits per heavy atom. The number of ether oxygens (including phenoxy) is 2. The summed E-state index contributed by atoms with van der Waals surface area (Å²) in [6.45, 7) is -0.0862. The average molecular weight is 539 g/mol. The summed E-state index contributed by atoms with van der Waals surface area (Å²) in [6, 6.07) is 19.4. The number of benzene rings is 3. The zero-order chi connectivity index (χ0) is 24.9. The molecule has 0 aliphatic heterocycles. The van der Waals surface area contributed by atoms with Crippen LogP contribution in [0.2, 0.25) is 0 Å². The summed E-state index contributed by atoms with van der Waals surface area (Å²) in [7, 11) is 1.34. The van der Waals surface area contributed by atoms with Gasteiger partial charge in [0.05, 0.1) is 17.9 Å². The second-order valence-electron chi connectivity index (χ2n) is 7.96. The minimum Gasteiger partial charge on any atom is -0.480 e. The fraction of sp³-hybridized carbons (Fsp3) is 0.192. The lowest BCUT2D eigenvalue weighted by atomic mass is 9.98. The Bertz CT molecular complexity index is 1230. The van der Waals surface area contributed by atoms with Gasteiger partial charge in [0, 0.05) is 17.5 Å². The molecule has 2 amide bonds. The molecule has 3 aromatic carbocycles. The standard InChI is InChI=1S/C26H23BrN2O6/c1-34-14-23(25(31)32)28-24(30)20-11-10-15(27)12-22(20)29-26(33)35-13-21-18-8-4-2-6-16(18)17-7-3-5-9-19(17)21/h2-12,21,23H,13-14H2,1H3,(H,28,30)(H,29,33)(H,31,32)/t23-/m0/s1. The van der Waals surface area contributed by atoms with Gasteiger partial charge in [0.1, 0.15) is 6.61 Å². The number of rotatable bonds is 8. The quantitative estimate of drug-likeness (QED) is 0.385. The first-order chi connectivity index (χ1) is 16.9. The molecule has 0 bridgehead atoms. The van der Waals surface area contributed by atoms with Crippen molar-refractivity contribution < 1.29 is 29.0 Å². The topological polar surface area (TPSA) is 114 Å². The molecule has 0 saturated carbocycles. The lowest BCUT2D eigenvalue weighted by molar-refractivity contribution is -0.140. The van der Waals surface area contributed by atoms with E-state index in [2.05, 4.69) is 38.7 Å². The number of anilines is 1. The largest absolute Gasteiger partial charge is 0.480 e. The van der Waals surface area contributed by atoms with Gasteiger partial charge in [-0.05, 0) is 40.5 Å². The molecule has 9 heteroatoms. The van der Waals surface area contributed by atoms with Crippen LogP contribution in [0.1, 0.15) is 27.4 Å². The zero-order valence-corrected chi connectivity index (χ0v) is 20.4. The number of carbonyl (C=O) groups is 3. The number of hydrogen-bond donors (Lipinski definition) is 3. The third-order valence-electron chi connectivity index (χ3n) is 5.74. The van der Waals surface area contributed by atoms with Crippen molar-refractivity contribution in [3.05, 3.63) is 87.9 Å². The molecule has 1 aliphatic carbocycles. The molecule has 0 fully saturated rings. The lowest BCUT2D eigenvalue weighted by Gasteiger charge is -2.17.